The molecule has 0 saturated heterocycles. The third-order valence-electron chi connectivity index (χ3n) is 3.73. The molecule has 1 fully saturated rings. The predicted octanol–water partition coefficient (Wildman–Crippen LogP) is 4.13. The van der Waals surface area contributed by atoms with E-state index in [-0.39, 0.29) is 6.10 Å². The van der Waals surface area contributed by atoms with E-state index in [4.69, 9.17) is 0 Å². The van der Waals surface area contributed by atoms with Crippen LogP contribution in [0.1, 0.15) is 55.3 Å². The van der Waals surface area contributed by atoms with Gasteiger partial charge in [0.1, 0.15) is 0 Å². The molecule has 0 aliphatic heterocycles. The Morgan fingerprint density at radius 3 is 2.76 bits per heavy atom. The second-order valence-corrected chi connectivity index (χ2v) is 5.89. The number of aliphatic hydroxyl groups is 1. The van der Waals surface area contributed by atoms with E-state index in [1.165, 1.54) is 30.4 Å². The molecule has 2 heteroatoms. The highest BCUT2D eigenvalue weighted by molar-refractivity contribution is 7.98. The molecule has 0 radical (unpaired) electrons. The molecule has 1 aromatic carbocycles. The molecule has 1 N–H and O–H groups in total. The van der Waals surface area contributed by atoms with E-state index in [9.17, 15) is 5.11 Å². The first-order chi connectivity index (χ1) is 8.33. The fourth-order valence-corrected chi connectivity index (χ4v) is 2.94. The Morgan fingerprint density at radius 1 is 1.35 bits per heavy atom. The summed E-state index contributed by atoms with van der Waals surface area (Å²) in [4.78, 5) is 0. The SMILES string of the molecule is CSCCCC(O)c1ccccc1C1CCC1. The quantitative estimate of drug-likeness (QED) is 0.766. The highest BCUT2D eigenvalue weighted by Crippen LogP contribution is 2.40. The lowest BCUT2D eigenvalue weighted by Crippen LogP contribution is -2.13. The van der Waals surface area contributed by atoms with Gasteiger partial charge in [-0.3, -0.25) is 0 Å². The number of aliphatic hydroxyl groups excluding tert-OH is 1. The minimum atomic E-state index is -0.265. The summed E-state index contributed by atoms with van der Waals surface area (Å²) in [6.45, 7) is 0. The highest BCUT2D eigenvalue weighted by atomic mass is 32.2. The van der Waals surface area contributed by atoms with Gasteiger partial charge in [0, 0.05) is 0 Å². The van der Waals surface area contributed by atoms with Gasteiger partial charge in [-0.15, -0.1) is 0 Å². The first-order valence-corrected chi connectivity index (χ1v) is 7.98. The maximum atomic E-state index is 10.3. The zero-order chi connectivity index (χ0) is 12.1. The molecule has 1 unspecified atom stereocenters. The van der Waals surface area contributed by atoms with Crippen LogP contribution in [0.2, 0.25) is 0 Å². The van der Waals surface area contributed by atoms with Crippen LogP contribution < -0.4 is 0 Å². The molecule has 1 aliphatic carbocycles. The molecule has 1 nitrogen and oxygen atoms in total. The number of benzene rings is 1. The van der Waals surface area contributed by atoms with E-state index in [2.05, 4.69) is 30.5 Å². The summed E-state index contributed by atoms with van der Waals surface area (Å²) < 4.78 is 0. The topological polar surface area (TPSA) is 20.2 Å². The largest absolute Gasteiger partial charge is 0.388 e. The third kappa shape index (κ3) is 3.26. The van der Waals surface area contributed by atoms with Gasteiger partial charge >= 0.3 is 0 Å². The lowest BCUT2D eigenvalue weighted by molar-refractivity contribution is 0.164. The number of rotatable bonds is 6. The smallest absolute Gasteiger partial charge is 0.0793 e. The molecule has 1 saturated carbocycles. The standard InChI is InChI=1S/C15H22OS/c1-17-11-5-10-15(16)14-9-3-2-8-13(14)12-6-4-7-12/h2-3,8-9,12,15-16H,4-7,10-11H2,1H3. The van der Waals surface area contributed by atoms with Crippen molar-refractivity contribution in [1.29, 1.82) is 0 Å². The minimum absolute atomic E-state index is 0.265. The van der Waals surface area contributed by atoms with Gasteiger partial charge in [-0.05, 0) is 54.7 Å². The average molecular weight is 250 g/mol. The summed E-state index contributed by atoms with van der Waals surface area (Å²) >= 11 is 1.85. The fraction of sp³-hybridized carbons (Fsp3) is 0.600. The van der Waals surface area contributed by atoms with E-state index in [1.807, 2.05) is 11.8 Å². The van der Waals surface area contributed by atoms with Crippen LogP contribution in [0.4, 0.5) is 0 Å². The molecule has 0 aromatic heterocycles. The van der Waals surface area contributed by atoms with E-state index in [1.54, 1.807) is 0 Å². The van der Waals surface area contributed by atoms with Gasteiger partial charge in [0.05, 0.1) is 6.10 Å². The van der Waals surface area contributed by atoms with Crippen LogP contribution in [0.5, 0.6) is 0 Å². The van der Waals surface area contributed by atoms with E-state index < -0.39 is 0 Å². The molecular formula is C15H22OS. The summed E-state index contributed by atoms with van der Waals surface area (Å²) in [7, 11) is 0. The fourth-order valence-electron chi connectivity index (χ4n) is 2.48. The maximum Gasteiger partial charge on any atom is 0.0793 e. The van der Waals surface area contributed by atoms with Crippen LogP contribution in [-0.2, 0) is 0 Å². The molecular weight excluding hydrogens is 228 g/mol. The van der Waals surface area contributed by atoms with Crippen LogP contribution >= 0.6 is 11.8 Å². The number of thioether (sulfide) groups is 1. The Balaban J connectivity index is 2.02. The first kappa shape index (κ1) is 13.0. The van der Waals surface area contributed by atoms with Crippen molar-refractivity contribution in [3.63, 3.8) is 0 Å². The van der Waals surface area contributed by atoms with Gasteiger partial charge in [0.2, 0.25) is 0 Å². The maximum absolute atomic E-state index is 10.3. The van der Waals surface area contributed by atoms with Gasteiger partial charge < -0.3 is 5.11 Å². The van der Waals surface area contributed by atoms with Gasteiger partial charge in [0.15, 0.2) is 0 Å². The minimum Gasteiger partial charge on any atom is -0.388 e. The Kier molecular flexibility index (Phi) is 4.93. The van der Waals surface area contributed by atoms with E-state index >= 15 is 0 Å². The third-order valence-corrected chi connectivity index (χ3v) is 4.42. The van der Waals surface area contributed by atoms with Crippen LogP contribution in [-0.4, -0.2) is 17.1 Å². The monoisotopic (exact) mass is 250 g/mol. The van der Waals surface area contributed by atoms with Crippen molar-refractivity contribution < 1.29 is 5.11 Å². The summed E-state index contributed by atoms with van der Waals surface area (Å²) in [6.07, 6.45) is 7.80. The van der Waals surface area contributed by atoms with Gasteiger partial charge in [-0.25, -0.2) is 0 Å². The summed E-state index contributed by atoms with van der Waals surface area (Å²) in [6, 6.07) is 8.47. The normalized spacial score (nSPS) is 17.8. The zero-order valence-electron chi connectivity index (χ0n) is 10.6. The van der Waals surface area contributed by atoms with Crippen LogP contribution in [0.3, 0.4) is 0 Å². The van der Waals surface area contributed by atoms with Crippen molar-refractivity contribution >= 4 is 11.8 Å². The Labute approximate surface area is 109 Å². The zero-order valence-corrected chi connectivity index (χ0v) is 11.4. The van der Waals surface area contributed by atoms with Crippen molar-refractivity contribution in [3.05, 3.63) is 35.4 Å². The van der Waals surface area contributed by atoms with E-state index in [0.717, 1.165) is 18.6 Å². The molecule has 2 rings (SSSR count). The van der Waals surface area contributed by atoms with Gasteiger partial charge in [-0.2, -0.15) is 11.8 Å². The van der Waals surface area contributed by atoms with Gasteiger partial charge in [0.25, 0.3) is 0 Å². The molecule has 94 valence electrons. The summed E-state index contributed by atoms with van der Waals surface area (Å²) in [5, 5.41) is 10.3. The van der Waals surface area contributed by atoms with Crippen molar-refractivity contribution in [2.45, 2.75) is 44.1 Å². The van der Waals surface area contributed by atoms with Crippen LogP contribution in [0.15, 0.2) is 24.3 Å². The molecule has 1 aliphatic rings. The second-order valence-electron chi connectivity index (χ2n) is 4.91. The van der Waals surface area contributed by atoms with Gasteiger partial charge in [-0.1, -0.05) is 30.7 Å². The lowest BCUT2D eigenvalue weighted by Gasteiger charge is -2.29. The van der Waals surface area contributed by atoms with Crippen LogP contribution in [0, 0.1) is 0 Å². The lowest BCUT2D eigenvalue weighted by atomic mass is 9.77. The van der Waals surface area contributed by atoms with Crippen LogP contribution in [0.25, 0.3) is 0 Å². The molecule has 17 heavy (non-hydrogen) atoms. The van der Waals surface area contributed by atoms with Crippen molar-refractivity contribution in [1.82, 2.24) is 0 Å². The van der Waals surface area contributed by atoms with E-state index in [0.29, 0.717) is 5.92 Å². The molecule has 0 heterocycles. The molecule has 1 atom stereocenters. The number of hydrogen-bond acceptors (Lipinski definition) is 2. The Bertz CT molecular complexity index is 347. The Hall–Kier alpha value is -0.470. The van der Waals surface area contributed by atoms with Crippen molar-refractivity contribution in [3.8, 4) is 0 Å². The Morgan fingerprint density at radius 2 is 2.12 bits per heavy atom. The molecule has 0 bridgehead atoms. The summed E-state index contributed by atoms with van der Waals surface area (Å²) in [5.74, 6) is 1.85. The molecule has 1 aromatic rings. The summed E-state index contributed by atoms with van der Waals surface area (Å²) in [5.41, 5.74) is 2.58. The van der Waals surface area contributed by atoms with Crippen molar-refractivity contribution in [2.24, 2.45) is 0 Å². The first-order valence-electron chi connectivity index (χ1n) is 6.58. The molecule has 0 amide bonds. The average Bonchev–Trinajstić information content (AvgIpc) is 2.28. The second kappa shape index (κ2) is 6.46. The number of hydrogen-bond donors (Lipinski definition) is 1. The predicted molar refractivity (Wildman–Crippen MR) is 75.6 cm³/mol. The molecule has 0 spiro atoms. The van der Waals surface area contributed by atoms with Crippen molar-refractivity contribution in [2.75, 3.05) is 12.0 Å². The highest BCUT2D eigenvalue weighted by Gasteiger charge is 2.23.